The van der Waals surface area contributed by atoms with E-state index in [-0.39, 0.29) is 0 Å². The van der Waals surface area contributed by atoms with Crippen LogP contribution >= 0.6 is 22.9 Å². The number of benzene rings is 1. The third-order valence-corrected chi connectivity index (χ3v) is 6.95. The van der Waals surface area contributed by atoms with Gasteiger partial charge in [0, 0.05) is 32.8 Å². The minimum absolute atomic E-state index is 0.332. The van der Waals surface area contributed by atoms with Gasteiger partial charge in [-0.15, -0.1) is 21.5 Å². The first-order valence-corrected chi connectivity index (χ1v) is 11.2. The Bertz CT molecular complexity index is 1410. The van der Waals surface area contributed by atoms with Crippen molar-refractivity contribution in [2.24, 2.45) is 5.10 Å². The van der Waals surface area contributed by atoms with Gasteiger partial charge in [0.15, 0.2) is 0 Å². The number of aryl methyl sites for hydroxylation is 2. The lowest BCUT2D eigenvalue weighted by Gasteiger charge is -2.18. The van der Waals surface area contributed by atoms with Gasteiger partial charge in [-0.1, -0.05) is 29.8 Å². The number of hydrogen-bond acceptors (Lipinski definition) is 7. The number of thiophene rings is 1. The van der Waals surface area contributed by atoms with Crippen LogP contribution in [0, 0.1) is 32.1 Å². The predicted molar refractivity (Wildman–Crippen MR) is 126 cm³/mol. The van der Waals surface area contributed by atoms with Gasteiger partial charge < -0.3 is 0 Å². The van der Waals surface area contributed by atoms with Crippen molar-refractivity contribution in [1.29, 1.82) is 5.26 Å². The molecule has 0 saturated heterocycles. The van der Waals surface area contributed by atoms with Gasteiger partial charge >= 0.3 is 0 Å². The molecule has 0 spiro atoms. The fourth-order valence-electron chi connectivity index (χ4n) is 3.76. The summed E-state index contributed by atoms with van der Waals surface area (Å²) in [5, 5.41) is 26.9. The number of hydrazone groups is 1. The van der Waals surface area contributed by atoms with E-state index in [1.54, 1.807) is 22.5 Å². The quantitative estimate of drug-likeness (QED) is 0.433. The number of aromatic nitrogens is 4. The second-order valence-corrected chi connectivity index (χ2v) is 9.12. The Balaban J connectivity index is 1.77. The average molecular weight is 460 g/mol. The van der Waals surface area contributed by atoms with E-state index in [2.05, 4.69) is 35.1 Å². The average Bonchev–Trinajstić information content (AvgIpc) is 3.27. The summed E-state index contributed by atoms with van der Waals surface area (Å²) in [6.07, 6.45) is 1.61. The number of nitriles is 1. The Morgan fingerprint density at radius 2 is 1.88 bits per heavy atom. The zero-order chi connectivity index (χ0) is 22.4. The summed E-state index contributed by atoms with van der Waals surface area (Å²) < 4.78 is 2.04. The van der Waals surface area contributed by atoms with Crippen LogP contribution in [-0.4, -0.2) is 25.5 Å². The highest BCUT2D eigenvalue weighted by atomic mass is 35.5. The first-order chi connectivity index (χ1) is 15.5. The molecule has 9 heteroatoms. The molecule has 4 aromatic rings. The highest BCUT2D eigenvalue weighted by molar-refractivity contribution is 7.15. The van der Waals surface area contributed by atoms with Gasteiger partial charge in [0.25, 0.3) is 5.95 Å². The van der Waals surface area contributed by atoms with Crippen LogP contribution in [0.15, 0.2) is 47.7 Å². The van der Waals surface area contributed by atoms with E-state index < -0.39 is 0 Å². The van der Waals surface area contributed by atoms with Crippen molar-refractivity contribution < 1.29 is 0 Å². The van der Waals surface area contributed by atoms with Crippen molar-refractivity contribution >= 4 is 34.6 Å². The summed E-state index contributed by atoms with van der Waals surface area (Å²) >= 11 is 7.85. The van der Waals surface area contributed by atoms with Crippen molar-refractivity contribution in [3.63, 3.8) is 0 Å². The van der Waals surface area contributed by atoms with Gasteiger partial charge in [0.05, 0.1) is 6.54 Å². The van der Waals surface area contributed by atoms with E-state index in [1.165, 1.54) is 10.4 Å². The number of fused-ring (bicyclic) bond motifs is 3. The van der Waals surface area contributed by atoms with Gasteiger partial charge in [-0.05, 0) is 44.5 Å². The smallest absolute Gasteiger partial charge is 0.253 e. The molecule has 0 bridgehead atoms. The van der Waals surface area contributed by atoms with E-state index in [9.17, 15) is 5.26 Å². The molecule has 0 unspecified atom stereocenters. The fourth-order valence-corrected chi connectivity index (χ4v) is 5.09. The Kier molecular flexibility index (Phi) is 5.00. The second kappa shape index (κ2) is 7.86. The molecule has 0 amide bonds. The standard InChI is InChI=1S/C23H18ClN7S/c1-13-14(2)32-22-20(13)21(16-6-8-18(24)9-7-16)29-30(23-28-27-15(3)31(22)23)12-17-5-4-10-26-19(17)11-25/h4-10H,12H2,1-3H3. The van der Waals surface area contributed by atoms with E-state index in [0.717, 1.165) is 33.2 Å². The normalized spacial score (nSPS) is 12.6. The maximum absolute atomic E-state index is 9.52. The van der Waals surface area contributed by atoms with Crippen molar-refractivity contribution in [3.8, 4) is 11.1 Å². The van der Waals surface area contributed by atoms with Crippen LogP contribution in [0.4, 0.5) is 5.95 Å². The van der Waals surface area contributed by atoms with Crippen LogP contribution in [0.25, 0.3) is 5.00 Å². The zero-order valence-corrected chi connectivity index (χ0v) is 19.2. The number of rotatable bonds is 3. The van der Waals surface area contributed by atoms with E-state index >= 15 is 0 Å². The van der Waals surface area contributed by atoms with Crippen molar-refractivity contribution in [1.82, 2.24) is 19.7 Å². The van der Waals surface area contributed by atoms with E-state index in [0.29, 0.717) is 23.2 Å². The molecule has 0 saturated carbocycles. The van der Waals surface area contributed by atoms with Gasteiger partial charge in [-0.3, -0.25) is 4.57 Å². The highest BCUT2D eigenvalue weighted by Gasteiger charge is 2.30. The number of anilines is 1. The van der Waals surface area contributed by atoms with Crippen LogP contribution in [0.2, 0.25) is 5.02 Å². The Labute approximate surface area is 194 Å². The highest BCUT2D eigenvalue weighted by Crippen LogP contribution is 2.38. The van der Waals surface area contributed by atoms with Gasteiger partial charge in [-0.2, -0.15) is 10.4 Å². The van der Waals surface area contributed by atoms with Gasteiger partial charge in [0.1, 0.15) is 28.3 Å². The third kappa shape index (κ3) is 3.27. The summed E-state index contributed by atoms with van der Waals surface area (Å²) in [6, 6.07) is 13.5. The molecule has 0 aliphatic carbocycles. The Morgan fingerprint density at radius 1 is 1.09 bits per heavy atom. The molecule has 158 valence electrons. The minimum Gasteiger partial charge on any atom is -0.254 e. The van der Waals surface area contributed by atoms with Crippen molar-refractivity contribution in [2.75, 3.05) is 5.01 Å². The molecule has 3 aromatic heterocycles. The first-order valence-electron chi connectivity index (χ1n) is 9.96. The molecular formula is C23H18ClN7S. The first kappa shape index (κ1) is 20.4. The lowest BCUT2D eigenvalue weighted by molar-refractivity contribution is 0.793. The molecule has 1 aliphatic rings. The second-order valence-electron chi connectivity index (χ2n) is 7.48. The van der Waals surface area contributed by atoms with Gasteiger partial charge in [-0.25, -0.2) is 9.99 Å². The van der Waals surface area contributed by atoms with Crippen molar-refractivity contribution in [2.45, 2.75) is 27.3 Å². The zero-order valence-electron chi connectivity index (χ0n) is 17.7. The monoisotopic (exact) mass is 459 g/mol. The van der Waals surface area contributed by atoms with Crippen LogP contribution < -0.4 is 5.01 Å². The molecule has 5 rings (SSSR count). The molecule has 7 nitrogen and oxygen atoms in total. The van der Waals surface area contributed by atoms with Crippen LogP contribution in [0.5, 0.6) is 0 Å². The number of nitrogens with zero attached hydrogens (tertiary/aromatic N) is 7. The van der Waals surface area contributed by atoms with Crippen molar-refractivity contribution in [3.05, 3.63) is 86.3 Å². The Hall–Kier alpha value is -3.54. The summed E-state index contributed by atoms with van der Waals surface area (Å²) in [6.45, 7) is 6.49. The molecular weight excluding hydrogens is 442 g/mol. The summed E-state index contributed by atoms with van der Waals surface area (Å²) in [5.41, 5.74) is 5.12. The maximum atomic E-state index is 9.52. The molecule has 0 atom stereocenters. The molecule has 1 aromatic carbocycles. The topological polar surface area (TPSA) is 83.0 Å². The summed E-state index contributed by atoms with van der Waals surface area (Å²) in [5.74, 6) is 1.37. The summed E-state index contributed by atoms with van der Waals surface area (Å²) in [7, 11) is 0. The molecule has 1 aliphatic heterocycles. The lowest BCUT2D eigenvalue weighted by atomic mass is 10.00. The number of hydrogen-bond donors (Lipinski definition) is 0. The molecule has 4 heterocycles. The fraction of sp³-hybridized carbons (Fsp3) is 0.174. The summed E-state index contributed by atoms with van der Waals surface area (Å²) in [4.78, 5) is 5.41. The number of pyridine rings is 1. The molecule has 0 fully saturated rings. The molecule has 0 radical (unpaired) electrons. The lowest BCUT2D eigenvalue weighted by Crippen LogP contribution is -2.21. The Morgan fingerprint density at radius 3 is 2.62 bits per heavy atom. The van der Waals surface area contributed by atoms with E-state index in [4.69, 9.17) is 16.7 Å². The largest absolute Gasteiger partial charge is 0.254 e. The van der Waals surface area contributed by atoms with Crippen LogP contribution in [0.1, 0.15) is 38.6 Å². The predicted octanol–water partition coefficient (Wildman–Crippen LogP) is 4.95. The third-order valence-electron chi connectivity index (χ3n) is 5.50. The van der Waals surface area contributed by atoms with Gasteiger partial charge in [0.2, 0.25) is 0 Å². The number of halogens is 1. The SMILES string of the molecule is Cc1sc2c(c1C)C(c1ccc(Cl)cc1)=NN(Cc1cccnc1C#N)c1nnc(C)n1-2. The maximum Gasteiger partial charge on any atom is 0.253 e. The van der Waals surface area contributed by atoms with E-state index in [1.807, 2.05) is 47.9 Å². The molecule has 0 N–H and O–H groups in total. The molecule has 32 heavy (non-hydrogen) atoms. The minimum atomic E-state index is 0.332. The van der Waals surface area contributed by atoms with Crippen LogP contribution in [0.3, 0.4) is 0 Å². The van der Waals surface area contributed by atoms with Crippen LogP contribution in [-0.2, 0) is 6.54 Å².